The number of likely N-dealkylation sites (tertiary alicyclic amines) is 1. The molecule has 0 spiro atoms. The lowest BCUT2D eigenvalue weighted by Gasteiger charge is -2.30. The Morgan fingerprint density at radius 3 is 2.71 bits per heavy atom. The molecule has 1 saturated heterocycles. The van der Waals surface area contributed by atoms with Crippen LogP contribution < -0.4 is 4.74 Å². The molecule has 2 aromatic rings. The minimum Gasteiger partial charge on any atom is -0.481 e. The number of methoxy groups -OCH3 is 1. The Kier molecular flexibility index (Phi) is 5.65. The second-order valence-electron chi connectivity index (χ2n) is 6.50. The van der Waals surface area contributed by atoms with Crippen molar-refractivity contribution in [3.63, 3.8) is 0 Å². The predicted molar refractivity (Wildman–Crippen MR) is 99.0 cm³/mol. The Bertz CT molecular complexity index is 688. The number of hydrogen-bond acceptors (Lipinski definition) is 3. The van der Waals surface area contributed by atoms with Crippen LogP contribution in [0.1, 0.15) is 29.5 Å². The standard InChI is InChI=1S/C21H26N2O/c1-17-6-3-4-7-19(17)10-9-18-11-14-23(15-12-18)16-20-8-5-13-22-21(20)24-2/h3-10,13,18H,11-12,14-16H2,1-2H3. The molecule has 0 saturated carbocycles. The quantitative estimate of drug-likeness (QED) is 0.819. The highest BCUT2D eigenvalue weighted by Gasteiger charge is 2.18. The molecule has 1 fully saturated rings. The van der Waals surface area contributed by atoms with Crippen molar-refractivity contribution in [1.82, 2.24) is 9.88 Å². The highest BCUT2D eigenvalue weighted by molar-refractivity contribution is 5.53. The lowest BCUT2D eigenvalue weighted by Crippen LogP contribution is -2.32. The molecule has 0 atom stereocenters. The molecule has 0 bridgehead atoms. The summed E-state index contributed by atoms with van der Waals surface area (Å²) in [7, 11) is 1.69. The fraction of sp³-hybridized carbons (Fsp3) is 0.381. The molecule has 0 radical (unpaired) electrons. The van der Waals surface area contributed by atoms with Crippen molar-refractivity contribution >= 4 is 6.08 Å². The van der Waals surface area contributed by atoms with Crippen LogP contribution in [-0.4, -0.2) is 30.1 Å². The minimum absolute atomic E-state index is 0.677. The van der Waals surface area contributed by atoms with Crippen molar-refractivity contribution in [2.75, 3.05) is 20.2 Å². The zero-order chi connectivity index (χ0) is 16.8. The number of aromatic nitrogens is 1. The summed E-state index contributed by atoms with van der Waals surface area (Å²) < 4.78 is 5.36. The number of nitrogens with zero attached hydrogens (tertiary/aromatic N) is 2. The molecule has 1 aliphatic rings. The summed E-state index contributed by atoms with van der Waals surface area (Å²) in [4.78, 5) is 6.79. The molecule has 24 heavy (non-hydrogen) atoms. The zero-order valence-electron chi connectivity index (χ0n) is 14.6. The monoisotopic (exact) mass is 322 g/mol. The van der Waals surface area contributed by atoms with E-state index in [-0.39, 0.29) is 0 Å². The second-order valence-corrected chi connectivity index (χ2v) is 6.50. The van der Waals surface area contributed by atoms with Gasteiger partial charge in [-0.1, -0.05) is 42.5 Å². The molecule has 3 heteroatoms. The van der Waals surface area contributed by atoms with E-state index in [0.717, 1.165) is 25.5 Å². The molecular formula is C21H26N2O. The number of rotatable bonds is 5. The number of benzene rings is 1. The fourth-order valence-electron chi connectivity index (χ4n) is 3.29. The van der Waals surface area contributed by atoms with Crippen LogP contribution in [0.5, 0.6) is 5.88 Å². The number of piperidine rings is 1. The van der Waals surface area contributed by atoms with Gasteiger partial charge < -0.3 is 4.74 Å². The zero-order valence-corrected chi connectivity index (χ0v) is 14.6. The van der Waals surface area contributed by atoms with Crippen LogP contribution in [0.2, 0.25) is 0 Å². The molecule has 1 aliphatic heterocycles. The maximum absolute atomic E-state index is 5.36. The third-order valence-corrected chi connectivity index (χ3v) is 4.81. The summed E-state index contributed by atoms with van der Waals surface area (Å²) in [5, 5.41) is 0. The Morgan fingerprint density at radius 2 is 1.96 bits per heavy atom. The average molecular weight is 322 g/mol. The predicted octanol–water partition coefficient (Wildman–Crippen LogP) is 4.32. The van der Waals surface area contributed by atoms with E-state index in [9.17, 15) is 0 Å². The highest BCUT2D eigenvalue weighted by atomic mass is 16.5. The largest absolute Gasteiger partial charge is 0.481 e. The van der Waals surface area contributed by atoms with Gasteiger partial charge in [0.25, 0.3) is 0 Å². The van der Waals surface area contributed by atoms with Gasteiger partial charge in [0, 0.05) is 18.3 Å². The van der Waals surface area contributed by atoms with Crippen LogP contribution in [0.15, 0.2) is 48.7 Å². The molecule has 1 aromatic heterocycles. The molecule has 0 N–H and O–H groups in total. The third-order valence-electron chi connectivity index (χ3n) is 4.81. The third kappa shape index (κ3) is 4.24. The van der Waals surface area contributed by atoms with Crippen LogP contribution in [0, 0.1) is 12.8 Å². The molecule has 126 valence electrons. The van der Waals surface area contributed by atoms with E-state index < -0.39 is 0 Å². The van der Waals surface area contributed by atoms with Crippen molar-refractivity contribution < 1.29 is 4.74 Å². The van der Waals surface area contributed by atoms with Gasteiger partial charge in [0.15, 0.2) is 0 Å². The van der Waals surface area contributed by atoms with Crippen molar-refractivity contribution in [3.8, 4) is 5.88 Å². The average Bonchev–Trinajstić information content (AvgIpc) is 2.63. The van der Waals surface area contributed by atoms with Gasteiger partial charge in [-0.25, -0.2) is 4.98 Å². The summed E-state index contributed by atoms with van der Waals surface area (Å²) in [5.41, 5.74) is 3.85. The van der Waals surface area contributed by atoms with E-state index in [0.29, 0.717) is 5.92 Å². The van der Waals surface area contributed by atoms with Crippen molar-refractivity contribution in [2.45, 2.75) is 26.3 Å². The summed E-state index contributed by atoms with van der Waals surface area (Å²) in [6, 6.07) is 12.7. The van der Waals surface area contributed by atoms with E-state index >= 15 is 0 Å². The molecule has 0 unspecified atom stereocenters. The Balaban J connectivity index is 1.53. The summed E-state index contributed by atoms with van der Waals surface area (Å²) in [5.74, 6) is 1.43. The van der Waals surface area contributed by atoms with E-state index in [2.05, 4.69) is 59.3 Å². The summed E-state index contributed by atoms with van der Waals surface area (Å²) in [6.07, 6.45) is 8.89. The van der Waals surface area contributed by atoms with Gasteiger partial charge in [0.1, 0.15) is 0 Å². The van der Waals surface area contributed by atoms with Gasteiger partial charge in [-0.05, 0) is 56.0 Å². The van der Waals surface area contributed by atoms with Crippen molar-refractivity contribution in [1.29, 1.82) is 0 Å². The Morgan fingerprint density at radius 1 is 1.17 bits per heavy atom. The van der Waals surface area contributed by atoms with E-state index in [1.54, 1.807) is 13.3 Å². The Labute approximate surface area is 145 Å². The molecule has 1 aromatic carbocycles. The maximum atomic E-state index is 5.36. The van der Waals surface area contributed by atoms with Gasteiger partial charge in [-0.2, -0.15) is 0 Å². The van der Waals surface area contributed by atoms with Gasteiger partial charge in [0.05, 0.1) is 7.11 Å². The van der Waals surface area contributed by atoms with Crippen molar-refractivity contribution in [2.24, 2.45) is 5.92 Å². The van der Waals surface area contributed by atoms with E-state index in [4.69, 9.17) is 4.74 Å². The fourth-order valence-corrected chi connectivity index (χ4v) is 3.29. The van der Waals surface area contributed by atoms with Crippen molar-refractivity contribution in [3.05, 3.63) is 65.4 Å². The first kappa shape index (κ1) is 16.7. The van der Waals surface area contributed by atoms with E-state index in [1.165, 1.54) is 29.5 Å². The molecule has 3 rings (SSSR count). The first-order chi connectivity index (χ1) is 11.8. The highest BCUT2D eigenvalue weighted by Crippen LogP contribution is 2.23. The molecule has 0 amide bonds. The van der Waals surface area contributed by atoms with E-state index in [1.807, 2.05) is 6.07 Å². The summed E-state index contributed by atoms with van der Waals surface area (Å²) in [6.45, 7) is 5.34. The van der Waals surface area contributed by atoms with Gasteiger partial charge in [0.2, 0.25) is 5.88 Å². The van der Waals surface area contributed by atoms with Crippen LogP contribution in [0.3, 0.4) is 0 Å². The first-order valence-corrected chi connectivity index (χ1v) is 8.70. The lowest BCUT2D eigenvalue weighted by atomic mass is 9.95. The first-order valence-electron chi connectivity index (χ1n) is 8.70. The SMILES string of the molecule is COc1ncccc1CN1CCC(C=Cc2ccccc2C)CC1. The number of aryl methyl sites for hydroxylation is 1. The van der Waals surface area contributed by atoms with Gasteiger partial charge in [-0.15, -0.1) is 0 Å². The number of allylic oxidation sites excluding steroid dienone is 1. The van der Waals surface area contributed by atoms with Crippen LogP contribution in [0.4, 0.5) is 0 Å². The lowest BCUT2D eigenvalue weighted by molar-refractivity contribution is 0.193. The summed E-state index contributed by atoms with van der Waals surface area (Å²) >= 11 is 0. The Hall–Kier alpha value is -2.13. The number of ether oxygens (including phenoxy) is 1. The smallest absolute Gasteiger partial charge is 0.217 e. The number of hydrogen-bond donors (Lipinski definition) is 0. The maximum Gasteiger partial charge on any atom is 0.217 e. The molecule has 2 heterocycles. The van der Waals surface area contributed by atoms with Gasteiger partial charge >= 0.3 is 0 Å². The molecule has 3 nitrogen and oxygen atoms in total. The minimum atomic E-state index is 0.677. The second kappa shape index (κ2) is 8.11. The number of pyridine rings is 1. The molecule has 0 aliphatic carbocycles. The van der Waals surface area contributed by atoms with Crippen LogP contribution in [0.25, 0.3) is 6.08 Å². The normalized spacial score (nSPS) is 16.6. The van der Waals surface area contributed by atoms with Gasteiger partial charge in [-0.3, -0.25) is 4.90 Å². The molecular weight excluding hydrogens is 296 g/mol. The van der Waals surface area contributed by atoms with Crippen LogP contribution in [-0.2, 0) is 6.54 Å². The topological polar surface area (TPSA) is 25.4 Å². The van der Waals surface area contributed by atoms with Crippen LogP contribution >= 0.6 is 0 Å².